The van der Waals surface area contributed by atoms with E-state index in [2.05, 4.69) is 31.5 Å². The van der Waals surface area contributed by atoms with Gasteiger partial charge in [-0.1, -0.05) is 12.1 Å². The van der Waals surface area contributed by atoms with Gasteiger partial charge in [-0.3, -0.25) is 14.4 Å². The Morgan fingerprint density at radius 3 is 2.72 bits per heavy atom. The van der Waals surface area contributed by atoms with E-state index in [1.54, 1.807) is 18.2 Å². The van der Waals surface area contributed by atoms with Crippen LogP contribution in [-0.4, -0.2) is 46.5 Å². The molecule has 3 atom stereocenters. The van der Waals surface area contributed by atoms with Crippen LogP contribution < -0.4 is 16.2 Å². The Bertz CT molecular complexity index is 1550. The van der Waals surface area contributed by atoms with Gasteiger partial charge >= 0.3 is 5.97 Å². The zero-order valence-electron chi connectivity index (χ0n) is 20.6. The summed E-state index contributed by atoms with van der Waals surface area (Å²) in [6.45, 7) is 0.748. The number of ether oxygens (including phenoxy) is 1. The van der Waals surface area contributed by atoms with Gasteiger partial charge in [0.05, 0.1) is 11.2 Å². The molecule has 39 heavy (non-hydrogen) atoms. The van der Waals surface area contributed by atoms with Gasteiger partial charge in [-0.2, -0.15) is 0 Å². The molecule has 2 saturated heterocycles. The smallest absolute Gasteiger partial charge is 0.333 e. The number of aromatic nitrogens is 2. The number of rotatable bonds is 8. The molecule has 9 nitrogen and oxygen atoms in total. The molecule has 2 fully saturated rings. The van der Waals surface area contributed by atoms with Crippen molar-refractivity contribution in [2.75, 3.05) is 13.2 Å². The Morgan fingerprint density at radius 2 is 2.03 bits per heavy atom. The number of halogens is 3. The summed E-state index contributed by atoms with van der Waals surface area (Å²) in [6, 6.07) is 4.83. The summed E-state index contributed by atoms with van der Waals surface area (Å²) in [5.41, 5.74) is 0.483. The van der Waals surface area contributed by atoms with Crippen molar-refractivity contribution in [3.8, 4) is 0 Å². The molecule has 12 heteroatoms. The first-order chi connectivity index (χ1) is 18.7. The van der Waals surface area contributed by atoms with Gasteiger partial charge in [0.2, 0.25) is 11.8 Å². The monoisotopic (exact) mass is 602 g/mol. The summed E-state index contributed by atoms with van der Waals surface area (Å²) in [7, 11) is 0. The Hall–Kier alpha value is -3.80. The van der Waals surface area contributed by atoms with Crippen LogP contribution in [0.25, 0.3) is 10.9 Å². The van der Waals surface area contributed by atoms with Gasteiger partial charge in [0, 0.05) is 48.5 Å². The average Bonchev–Trinajstić information content (AvgIpc) is 3.60. The first-order valence-corrected chi connectivity index (χ1v) is 13.3. The van der Waals surface area contributed by atoms with Crippen LogP contribution in [-0.2, 0) is 25.5 Å². The predicted octanol–water partition coefficient (Wildman–Crippen LogP) is 3.04. The molecule has 0 radical (unpaired) electrons. The maximum atomic E-state index is 14.0. The maximum absolute atomic E-state index is 14.0. The maximum Gasteiger partial charge on any atom is 0.333 e. The number of amides is 2. The van der Waals surface area contributed by atoms with Crippen molar-refractivity contribution in [2.24, 2.45) is 5.92 Å². The Kier molecular flexibility index (Phi) is 7.65. The molecule has 2 aliphatic rings. The normalized spacial score (nSPS) is 19.8. The van der Waals surface area contributed by atoms with E-state index in [-0.39, 0.29) is 36.8 Å². The second-order valence-corrected chi connectivity index (χ2v) is 10.5. The van der Waals surface area contributed by atoms with Crippen molar-refractivity contribution in [3.05, 3.63) is 80.3 Å². The Balaban J connectivity index is 1.50. The van der Waals surface area contributed by atoms with Gasteiger partial charge < -0.3 is 24.9 Å². The summed E-state index contributed by atoms with van der Waals surface area (Å²) in [5, 5.41) is 6.28. The fraction of sp³-hybridized carbons (Fsp3) is 0.333. The molecule has 2 aromatic heterocycles. The minimum absolute atomic E-state index is 0.119. The molecule has 2 aliphatic heterocycles. The van der Waals surface area contributed by atoms with E-state index in [1.807, 2.05) is 0 Å². The van der Waals surface area contributed by atoms with Crippen LogP contribution in [0.5, 0.6) is 0 Å². The number of nitrogens with zero attached hydrogens (tertiary/aromatic N) is 1. The SMILES string of the molecule is O=C1OCC/C1=C\[C@H](C[C@@H]1CCNC1=O)NC(=O)[C@H](Cc1ccc(F)c(F)c1)n1ccc2cc(Br)[nH]c2c1=O. The van der Waals surface area contributed by atoms with E-state index in [0.29, 0.717) is 40.5 Å². The lowest BCUT2D eigenvalue weighted by Crippen LogP contribution is -2.43. The number of carbonyl (C=O) groups is 3. The number of carbonyl (C=O) groups excluding carboxylic acids is 3. The highest BCUT2D eigenvalue weighted by molar-refractivity contribution is 9.10. The molecule has 3 aromatic rings. The molecule has 0 bridgehead atoms. The molecule has 204 valence electrons. The van der Waals surface area contributed by atoms with E-state index in [0.717, 1.165) is 12.1 Å². The number of fused-ring (bicyclic) bond motifs is 1. The summed E-state index contributed by atoms with van der Waals surface area (Å²) < 4.78 is 34.4. The molecular weight excluding hydrogens is 578 g/mol. The van der Waals surface area contributed by atoms with Crippen molar-refractivity contribution >= 4 is 44.6 Å². The molecular formula is C27H25BrF2N4O5. The minimum atomic E-state index is -1.15. The number of H-pyrrole nitrogens is 1. The molecule has 2 amide bonds. The second-order valence-electron chi connectivity index (χ2n) is 9.65. The number of hydrogen-bond acceptors (Lipinski definition) is 5. The number of aromatic amines is 1. The van der Waals surface area contributed by atoms with Crippen LogP contribution in [0.15, 0.2) is 57.6 Å². The van der Waals surface area contributed by atoms with Crippen LogP contribution >= 0.6 is 15.9 Å². The first kappa shape index (κ1) is 26.8. The van der Waals surface area contributed by atoms with Crippen molar-refractivity contribution < 1.29 is 27.9 Å². The Morgan fingerprint density at radius 1 is 1.21 bits per heavy atom. The van der Waals surface area contributed by atoms with Crippen LogP contribution in [0, 0.1) is 17.6 Å². The molecule has 5 rings (SSSR count). The van der Waals surface area contributed by atoms with Crippen LogP contribution in [0.4, 0.5) is 8.78 Å². The molecule has 0 saturated carbocycles. The van der Waals surface area contributed by atoms with E-state index in [4.69, 9.17) is 4.74 Å². The van der Waals surface area contributed by atoms with Crippen LogP contribution in [0.1, 0.15) is 30.9 Å². The molecule has 0 unspecified atom stereocenters. The Labute approximate surface area is 229 Å². The summed E-state index contributed by atoms with van der Waals surface area (Å²) in [5.74, 6) is -3.68. The third-order valence-electron chi connectivity index (χ3n) is 7.03. The van der Waals surface area contributed by atoms with E-state index >= 15 is 0 Å². The van der Waals surface area contributed by atoms with Crippen molar-refractivity contribution in [2.45, 2.75) is 37.8 Å². The minimum Gasteiger partial charge on any atom is -0.462 e. The zero-order chi connectivity index (χ0) is 27.7. The van der Waals surface area contributed by atoms with Gasteiger partial charge in [-0.05, 0) is 58.6 Å². The standard InChI is InChI=1S/C27H25BrF2N4O5/c28-22-13-15-4-7-34(26(37)23(15)33-22)21(10-14-1-2-19(29)20(30)9-14)25(36)32-18(11-16-3-6-31-24(16)35)12-17-5-8-39-27(17)38/h1-2,4,7,9,12-13,16,18,21,33H,3,5-6,8,10-11H2,(H,31,35)(H,32,36)/b17-12+/t16-,18-,21-/m0/s1. The van der Waals surface area contributed by atoms with E-state index < -0.39 is 41.2 Å². The predicted molar refractivity (Wildman–Crippen MR) is 141 cm³/mol. The highest BCUT2D eigenvalue weighted by Crippen LogP contribution is 2.23. The van der Waals surface area contributed by atoms with Gasteiger partial charge in [0.25, 0.3) is 5.56 Å². The summed E-state index contributed by atoms with van der Waals surface area (Å²) in [4.78, 5) is 54.5. The fourth-order valence-corrected chi connectivity index (χ4v) is 5.47. The van der Waals surface area contributed by atoms with Crippen molar-refractivity contribution in [3.63, 3.8) is 0 Å². The number of esters is 1. The number of hydrogen-bond donors (Lipinski definition) is 3. The van der Waals surface area contributed by atoms with Crippen molar-refractivity contribution in [1.82, 2.24) is 20.2 Å². The highest BCUT2D eigenvalue weighted by atomic mass is 79.9. The lowest BCUT2D eigenvalue weighted by atomic mass is 9.95. The average molecular weight is 603 g/mol. The quantitative estimate of drug-likeness (QED) is 0.270. The van der Waals surface area contributed by atoms with E-state index in [1.165, 1.54) is 16.8 Å². The van der Waals surface area contributed by atoms with Crippen LogP contribution in [0.3, 0.4) is 0 Å². The summed E-state index contributed by atoms with van der Waals surface area (Å²) >= 11 is 3.31. The lowest BCUT2D eigenvalue weighted by molar-refractivity contribution is -0.135. The molecule has 0 aliphatic carbocycles. The van der Waals surface area contributed by atoms with E-state index in [9.17, 15) is 28.0 Å². The second kappa shape index (κ2) is 11.1. The van der Waals surface area contributed by atoms with Gasteiger partial charge in [-0.25, -0.2) is 13.6 Å². The third kappa shape index (κ3) is 5.80. The fourth-order valence-electron chi connectivity index (χ4n) is 5.02. The van der Waals surface area contributed by atoms with Crippen LogP contribution in [0.2, 0.25) is 0 Å². The molecule has 1 aromatic carbocycles. The van der Waals surface area contributed by atoms with Gasteiger partial charge in [0.15, 0.2) is 11.6 Å². The largest absolute Gasteiger partial charge is 0.462 e. The molecule has 4 heterocycles. The number of cyclic esters (lactones) is 1. The summed E-state index contributed by atoms with van der Waals surface area (Å²) in [6.07, 6.45) is 4.14. The number of benzene rings is 1. The lowest BCUT2D eigenvalue weighted by Gasteiger charge is -2.24. The number of pyridine rings is 1. The van der Waals surface area contributed by atoms with Gasteiger partial charge in [-0.15, -0.1) is 0 Å². The molecule has 0 spiro atoms. The first-order valence-electron chi connectivity index (χ1n) is 12.5. The number of nitrogens with one attached hydrogen (secondary N) is 3. The zero-order valence-corrected chi connectivity index (χ0v) is 22.2. The van der Waals surface area contributed by atoms with Crippen molar-refractivity contribution in [1.29, 1.82) is 0 Å². The molecule has 3 N–H and O–H groups in total. The highest BCUT2D eigenvalue weighted by Gasteiger charge is 2.31. The third-order valence-corrected chi connectivity index (χ3v) is 7.46. The topological polar surface area (TPSA) is 122 Å². The van der Waals surface area contributed by atoms with Gasteiger partial charge in [0.1, 0.15) is 11.6 Å².